The lowest BCUT2D eigenvalue weighted by molar-refractivity contribution is 0.704. The SMILES string of the molecule is Clc1csc(CNCc2cccc3ccccc23)c1. The first-order valence-electron chi connectivity index (χ1n) is 6.23. The Bertz CT molecular complexity index is 685. The maximum atomic E-state index is 5.92. The third kappa shape index (κ3) is 2.98. The van der Waals surface area contributed by atoms with Gasteiger partial charge < -0.3 is 5.32 Å². The number of hydrogen-bond donors (Lipinski definition) is 1. The second-order valence-corrected chi connectivity index (χ2v) is 5.91. The van der Waals surface area contributed by atoms with Crippen molar-refractivity contribution in [1.29, 1.82) is 0 Å². The van der Waals surface area contributed by atoms with E-state index in [0.717, 1.165) is 18.1 Å². The number of thiophene rings is 1. The molecule has 0 saturated heterocycles. The van der Waals surface area contributed by atoms with Crippen LogP contribution in [0.1, 0.15) is 10.4 Å². The molecule has 0 aliphatic carbocycles. The van der Waals surface area contributed by atoms with E-state index >= 15 is 0 Å². The van der Waals surface area contributed by atoms with Crippen molar-refractivity contribution in [1.82, 2.24) is 5.32 Å². The van der Waals surface area contributed by atoms with Gasteiger partial charge >= 0.3 is 0 Å². The van der Waals surface area contributed by atoms with Gasteiger partial charge in [0.15, 0.2) is 0 Å². The highest BCUT2D eigenvalue weighted by atomic mass is 35.5. The summed E-state index contributed by atoms with van der Waals surface area (Å²) in [5.41, 5.74) is 1.33. The molecule has 3 heteroatoms. The molecular weight excluding hydrogens is 274 g/mol. The molecule has 0 atom stereocenters. The summed E-state index contributed by atoms with van der Waals surface area (Å²) in [6, 6.07) is 16.9. The fourth-order valence-corrected chi connectivity index (χ4v) is 3.26. The Morgan fingerprint density at radius 2 is 1.84 bits per heavy atom. The molecule has 1 N–H and O–H groups in total. The summed E-state index contributed by atoms with van der Waals surface area (Å²) in [6.07, 6.45) is 0. The van der Waals surface area contributed by atoms with Crippen LogP contribution in [0.5, 0.6) is 0 Å². The Hall–Kier alpha value is -1.35. The van der Waals surface area contributed by atoms with E-state index in [9.17, 15) is 0 Å². The van der Waals surface area contributed by atoms with Crippen molar-refractivity contribution in [2.24, 2.45) is 0 Å². The first-order valence-corrected chi connectivity index (χ1v) is 7.49. The molecule has 2 aromatic carbocycles. The number of halogens is 1. The molecule has 0 saturated carbocycles. The molecular formula is C16H14ClNS. The third-order valence-corrected chi connectivity index (χ3v) is 4.40. The van der Waals surface area contributed by atoms with Crippen LogP contribution in [-0.2, 0) is 13.1 Å². The van der Waals surface area contributed by atoms with E-state index in [4.69, 9.17) is 11.6 Å². The lowest BCUT2D eigenvalue weighted by Crippen LogP contribution is -2.11. The summed E-state index contributed by atoms with van der Waals surface area (Å²) >= 11 is 7.61. The van der Waals surface area contributed by atoms with E-state index in [1.807, 2.05) is 11.4 Å². The van der Waals surface area contributed by atoms with Crippen LogP contribution in [0, 0.1) is 0 Å². The quantitative estimate of drug-likeness (QED) is 0.724. The van der Waals surface area contributed by atoms with E-state index < -0.39 is 0 Å². The minimum Gasteiger partial charge on any atom is -0.308 e. The summed E-state index contributed by atoms with van der Waals surface area (Å²) in [5, 5.41) is 8.88. The van der Waals surface area contributed by atoms with E-state index in [2.05, 4.69) is 47.8 Å². The lowest BCUT2D eigenvalue weighted by Gasteiger charge is -2.07. The zero-order chi connectivity index (χ0) is 13.1. The van der Waals surface area contributed by atoms with Crippen molar-refractivity contribution < 1.29 is 0 Å². The van der Waals surface area contributed by atoms with E-state index in [-0.39, 0.29) is 0 Å². The molecule has 0 aliphatic rings. The fraction of sp³-hybridized carbons (Fsp3) is 0.125. The Kier molecular flexibility index (Phi) is 3.83. The molecule has 3 aromatic rings. The number of nitrogens with one attached hydrogen (secondary N) is 1. The normalized spacial score (nSPS) is 11.0. The molecule has 0 spiro atoms. The van der Waals surface area contributed by atoms with Gasteiger partial charge in [-0.05, 0) is 22.4 Å². The summed E-state index contributed by atoms with van der Waals surface area (Å²) in [5.74, 6) is 0. The highest BCUT2D eigenvalue weighted by Crippen LogP contribution is 2.20. The number of rotatable bonds is 4. The number of hydrogen-bond acceptors (Lipinski definition) is 2. The predicted molar refractivity (Wildman–Crippen MR) is 83.8 cm³/mol. The maximum absolute atomic E-state index is 5.92. The average molecular weight is 288 g/mol. The first kappa shape index (κ1) is 12.7. The minimum absolute atomic E-state index is 0.826. The van der Waals surface area contributed by atoms with Gasteiger partial charge in [-0.2, -0.15) is 0 Å². The molecule has 1 nitrogen and oxygen atoms in total. The van der Waals surface area contributed by atoms with E-state index in [1.165, 1.54) is 21.2 Å². The Morgan fingerprint density at radius 1 is 1.00 bits per heavy atom. The standard InChI is InChI=1S/C16H14ClNS/c17-14-8-15(19-11-14)10-18-9-13-6-3-5-12-4-1-2-7-16(12)13/h1-8,11,18H,9-10H2. The summed E-state index contributed by atoms with van der Waals surface area (Å²) in [6.45, 7) is 1.73. The van der Waals surface area contributed by atoms with Crippen LogP contribution in [0.25, 0.3) is 10.8 Å². The van der Waals surface area contributed by atoms with Gasteiger partial charge in [0, 0.05) is 23.3 Å². The van der Waals surface area contributed by atoms with Crippen molar-refractivity contribution in [3.63, 3.8) is 0 Å². The molecule has 0 fully saturated rings. The van der Waals surface area contributed by atoms with Crippen molar-refractivity contribution in [3.05, 3.63) is 69.4 Å². The summed E-state index contributed by atoms with van der Waals surface area (Å²) in [4.78, 5) is 1.27. The zero-order valence-corrected chi connectivity index (χ0v) is 12.0. The monoisotopic (exact) mass is 287 g/mol. The highest BCUT2D eigenvalue weighted by Gasteiger charge is 2.01. The molecule has 3 rings (SSSR count). The van der Waals surface area contributed by atoms with Crippen molar-refractivity contribution in [3.8, 4) is 0 Å². The smallest absolute Gasteiger partial charge is 0.0516 e. The van der Waals surface area contributed by atoms with Gasteiger partial charge in [-0.15, -0.1) is 11.3 Å². The lowest BCUT2D eigenvalue weighted by atomic mass is 10.0. The van der Waals surface area contributed by atoms with Crippen LogP contribution in [-0.4, -0.2) is 0 Å². The number of fused-ring (bicyclic) bond motifs is 1. The van der Waals surface area contributed by atoms with Crippen LogP contribution in [0.2, 0.25) is 5.02 Å². The van der Waals surface area contributed by atoms with Gasteiger partial charge in [0.1, 0.15) is 0 Å². The minimum atomic E-state index is 0.826. The third-order valence-electron chi connectivity index (χ3n) is 3.12. The highest BCUT2D eigenvalue weighted by molar-refractivity contribution is 7.10. The Labute approximate surface area is 121 Å². The second-order valence-electron chi connectivity index (χ2n) is 4.47. The largest absolute Gasteiger partial charge is 0.308 e. The van der Waals surface area contributed by atoms with Crippen LogP contribution >= 0.6 is 22.9 Å². The van der Waals surface area contributed by atoms with Crippen LogP contribution < -0.4 is 5.32 Å². The van der Waals surface area contributed by atoms with Crippen molar-refractivity contribution in [2.45, 2.75) is 13.1 Å². The molecule has 19 heavy (non-hydrogen) atoms. The molecule has 0 aliphatic heterocycles. The van der Waals surface area contributed by atoms with E-state index in [1.54, 1.807) is 11.3 Å². The second kappa shape index (κ2) is 5.74. The van der Waals surface area contributed by atoms with Crippen molar-refractivity contribution in [2.75, 3.05) is 0 Å². The topological polar surface area (TPSA) is 12.0 Å². The van der Waals surface area contributed by atoms with Crippen LogP contribution in [0.15, 0.2) is 53.9 Å². The van der Waals surface area contributed by atoms with Gasteiger partial charge in [-0.3, -0.25) is 0 Å². The first-order chi connectivity index (χ1) is 9.33. The predicted octanol–water partition coefficient (Wildman–Crippen LogP) is 4.84. The Morgan fingerprint density at radius 3 is 2.68 bits per heavy atom. The molecule has 96 valence electrons. The molecule has 0 bridgehead atoms. The molecule has 1 heterocycles. The zero-order valence-electron chi connectivity index (χ0n) is 10.4. The maximum Gasteiger partial charge on any atom is 0.0516 e. The van der Waals surface area contributed by atoms with Gasteiger partial charge in [-0.25, -0.2) is 0 Å². The van der Waals surface area contributed by atoms with Gasteiger partial charge in [0.2, 0.25) is 0 Å². The fourth-order valence-electron chi connectivity index (χ4n) is 2.21. The van der Waals surface area contributed by atoms with Crippen molar-refractivity contribution >= 4 is 33.7 Å². The molecule has 0 unspecified atom stereocenters. The molecule has 0 radical (unpaired) electrons. The van der Waals surface area contributed by atoms with Crippen LogP contribution in [0.4, 0.5) is 0 Å². The van der Waals surface area contributed by atoms with Gasteiger partial charge in [0.25, 0.3) is 0 Å². The van der Waals surface area contributed by atoms with Gasteiger partial charge in [-0.1, -0.05) is 54.1 Å². The average Bonchev–Trinajstić information content (AvgIpc) is 2.85. The molecule has 0 amide bonds. The Balaban J connectivity index is 1.71. The summed E-state index contributed by atoms with van der Waals surface area (Å²) in [7, 11) is 0. The molecule has 1 aromatic heterocycles. The summed E-state index contributed by atoms with van der Waals surface area (Å²) < 4.78 is 0. The van der Waals surface area contributed by atoms with Crippen LogP contribution in [0.3, 0.4) is 0 Å². The number of benzene rings is 2. The van der Waals surface area contributed by atoms with E-state index in [0.29, 0.717) is 0 Å². The van der Waals surface area contributed by atoms with Gasteiger partial charge in [0.05, 0.1) is 5.02 Å².